The van der Waals surface area contributed by atoms with Gasteiger partial charge in [0.15, 0.2) is 0 Å². The van der Waals surface area contributed by atoms with Gasteiger partial charge in [-0.2, -0.15) is 0 Å². The number of aryl methyl sites for hydroxylation is 1. The predicted octanol–water partition coefficient (Wildman–Crippen LogP) is 1.84. The zero-order chi connectivity index (χ0) is 18.5. The zero-order valence-electron chi connectivity index (χ0n) is 15.2. The van der Waals surface area contributed by atoms with E-state index < -0.39 is 5.92 Å². The van der Waals surface area contributed by atoms with Crippen molar-refractivity contribution in [2.45, 2.75) is 19.8 Å². The van der Waals surface area contributed by atoms with Crippen molar-refractivity contribution in [2.24, 2.45) is 5.92 Å². The number of hydrogen-bond acceptors (Lipinski definition) is 4. The predicted molar refractivity (Wildman–Crippen MR) is 102 cm³/mol. The molecule has 1 aromatic carbocycles. The van der Waals surface area contributed by atoms with Crippen molar-refractivity contribution < 1.29 is 14.3 Å². The molecule has 0 radical (unpaired) electrons. The van der Waals surface area contributed by atoms with Crippen LogP contribution in [-0.4, -0.2) is 62.7 Å². The number of anilines is 1. The molecule has 0 bridgehead atoms. The summed E-state index contributed by atoms with van der Waals surface area (Å²) in [4.78, 5) is 29.0. The van der Waals surface area contributed by atoms with E-state index in [2.05, 4.69) is 10.2 Å². The third-order valence-electron chi connectivity index (χ3n) is 5.04. The van der Waals surface area contributed by atoms with Crippen molar-refractivity contribution in [2.75, 3.05) is 50.8 Å². The van der Waals surface area contributed by atoms with Crippen LogP contribution in [0, 0.1) is 12.8 Å². The van der Waals surface area contributed by atoms with Crippen LogP contribution in [0.2, 0.25) is 5.02 Å². The van der Waals surface area contributed by atoms with Gasteiger partial charge < -0.3 is 15.0 Å². The number of halogens is 1. The second-order valence-corrected chi connectivity index (χ2v) is 7.27. The van der Waals surface area contributed by atoms with E-state index in [1.54, 1.807) is 11.0 Å². The Morgan fingerprint density at radius 3 is 2.81 bits per heavy atom. The smallest absolute Gasteiger partial charge is 0.239 e. The normalized spacial score (nSPS) is 21.2. The van der Waals surface area contributed by atoms with E-state index in [1.165, 1.54) is 0 Å². The fourth-order valence-electron chi connectivity index (χ4n) is 3.39. The average molecular weight is 380 g/mol. The Bertz CT molecular complexity index is 661. The maximum Gasteiger partial charge on any atom is 0.239 e. The highest BCUT2D eigenvalue weighted by atomic mass is 35.5. The molecule has 1 atom stereocenters. The van der Waals surface area contributed by atoms with Crippen molar-refractivity contribution in [3.05, 3.63) is 28.8 Å². The molecule has 7 heteroatoms. The van der Waals surface area contributed by atoms with Crippen molar-refractivity contribution in [1.29, 1.82) is 0 Å². The molecule has 2 aliphatic heterocycles. The third kappa shape index (κ3) is 4.55. The number of carbonyl (C=O) groups is 2. The number of morpholine rings is 1. The molecule has 26 heavy (non-hydrogen) atoms. The lowest BCUT2D eigenvalue weighted by Crippen LogP contribution is -2.40. The summed E-state index contributed by atoms with van der Waals surface area (Å²) in [6.07, 6.45) is 1.42. The molecule has 3 rings (SSSR count). The molecule has 0 unspecified atom stereocenters. The highest BCUT2D eigenvalue weighted by Crippen LogP contribution is 2.28. The molecule has 0 aliphatic carbocycles. The summed E-state index contributed by atoms with van der Waals surface area (Å²) in [5, 5.41) is 3.55. The maximum atomic E-state index is 12.6. The van der Waals surface area contributed by atoms with Crippen LogP contribution in [0.4, 0.5) is 5.69 Å². The van der Waals surface area contributed by atoms with Crippen LogP contribution in [0.5, 0.6) is 0 Å². The Labute approximate surface area is 159 Å². The van der Waals surface area contributed by atoms with Gasteiger partial charge in [-0.1, -0.05) is 17.7 Å². The second kappa shape index (κ2) is 8.84. The number of amides is 2. The largest absolute Gasteiger partial charge is 0.379 e. The van der Waals surface area contributed by atoms with Crippen molar-refractivity contribution >= 4 is 29.1 Å². The van der Waals surface area contributed by atoms with Crippen molar-refractivity contribution in [3.63, 3.8) is 0 Å². The van der Waals surface area contributed by atoms with Crippen molar-refractivity contribution in [3.8, 4) is 0 Å². The Morgan fingerprint density at radius 1 is 1.31 bits per heavy atom. The molecule has 1 aromatic rings. The van der Waals surface area contributed by atoms with E-state index in [1.807, 2.05) is 19.1 Å². The summed E-state index contributed by atoms with van der Waals surface area (Å²) < 4.78 is 5.32. The number of nitrogens with zero attached hydrogens (tertiary/aromatic N) is 2. The van der Waals surface area contributed by atoms with Gasteiger partial charge in [-0.05, 0) is 44.0 Å². The van der Waals surface area contributed by atoms with Gasteiger partial charge in [-0.3, -0.25) is 14.5 Å². The average Bonchev–Trinajstić information content (AvgIpc) is 3.03. The lowest BCUT2D eigenvalue weighted by atomic mass is 10.1. The topological polar surface area (TPSA) is 61.9 Å². The first-order chi connectivity index (χ1) is 12.6. The summed E-state index contributed by atoms with van der Waals surface area (Å²) in [6, 6.07) is 5.56. The number of benzene rings is 1. The highest BCUT2D eigenvalue weighted by molar-refractivity contribution is 6.31. The maximum absolute atomic E-state index is 12.6. The standard InChI is InChI=1S/C19H26ClN3O3/c1-14-3-4-15(13-17(14)20)23-8-5-16(19(23)25)18(24)21-6-2-7-22-9-11-26-12-10-22/h3-4,13,16H,2,5-12H2,1H3,(H,21,24)/t16-/m1/s1. The van der Waals surface area contributed by atoms with Gasteiger partial charge >= 0.3 is 0 Å². The molecule has 2 amide bonds. The van der Waals surface area contributed by atoms with Crippen LogP contribution in [0.3, 0.4) is 0 Å². The fourth-order valence-corrected chi connectivity index (χ4v) is 3.57. The SMILES string of the molecule is Cc1ccc(N2CC[C@H](C(=O)NCCCN3CCOCC3)C2=O)cc1Cl. The fraction of sp³-hybridized carbons (Fsp3) is 0.579. The summed E-state index contributed by atoms with van der Waals surface area (Å²) in [5.41, 5.74) is 1.73. The van der Waals surface area contributed by atoms with E-state index >= 15 is 0 Å². The highest BCUT2D eigenvalue weighted by Gasteiger charge is 2.37. The number of nitrogens with one attached hydrogen (secondary N) is 1. The first kappa shape index (κ1) is 19.1. The van der Waals surface area contributed by atoms with Crippen LogP contribution < -0.4 is 10.2 Å². The molecular formula is C19H26ClN3O3. The lowest BCUT2D eigenvalue weighted by molar-refractivity contribution is -0.132. The molecule has 6 nitrogen and oxygen atoms in total. The third-order valence-corrected chi connectivity index (χ3v) is 5.45. The van der Waals surface area contributed by atoms with Gasteiger partial charge in [-0.25, -0.2) is 0 Å². The molecule has 0 spiro atoms. The van der Waals surface area contributed by atoms with E-state index in [-0.39, 0.29) is 11.8 Å². The Hall–Kier alpha value is -1.63. The molecule has 142 valence electrons. The van der Waals surface area contributed by atoms with Crippen LogP contribution in [0.25, 0.3) is 0 Å². The summed E-state index contributed by atoms with van der Waals surface area (Å²) >= 11 is 6.16. The molecule has 2 aliphatic rings. The minimum atomic E-state index is -0.599. The molecule has 2 heterocycles. The van der Waals surface area contributed by atoms with E-state index in [0.29, 0.717) is 24.5 Å². The Kier molecular flexibility index (Phi) is 6.51. The second-order valence-electron chi connectivity index (χ2n) is 6.86. The lowest BCUT2D eigenvalue weighted by Gasteiger charge is -2.26. The summed E-state index contributed by atoms with van der Waals surface area (Å²) in [6.45, 7) is 7.46. The quantitative estimate of drug-likeness (QED) is 0.605. The zero-order valence-corrected chi connectivity index (χ0v) is 15.9. The van der Waals surface area contributed by atoms with E-state index in [0.717, 1.165) is 50.5 Å². The molecule has 2 fully saturated rings. The first-order valence-corrected chi connectivity index (χ1v) is 9.59. The van der Waals surface area contributed by atoms with Gasteiger partial charge in [0.1, 0.15) is 5.92 Å². The van der Waals surface area contributed by atoms with Crippen LogP contribution >= 0.6 is 11.6 Å². The van der Waals surface area contributed by atoms with Gasteiger partial charge in [0.05, 0.1) is 13.2 Å². The first-order valence-electron chi connectivity index (χ1n) is 9.21. The van der Waals surface area contributed by atoms with E-state index in [4.69, 9.17) is 16.3 Å². The van der Waals surface area contributed by atoms with Crippen molar-refractivity contribution in [1.82, 2.24) is 10.2 Å². The monoisotopic (exact) mass is 379 g/mol. The number of ether oxygens (including phenoxy) is 1. The molecule has 0 aromatic heterocycles. The summed E-state index contributed by atoms with van der Waals surface area (Å²) in [5.74, 6) is -0.910. The number of hydrogen-bond donors (Lipinski definition) is 1. The Morgan fingerprint density at radius 2 is 2.08 bits per heavy atom. The van der Waals surface area contributed by atoms with Crippen LogP contribution in [0.1, 0.15) is 18.4 Å². The summed E-state index contributed by atoms with van der Waals surface area (Å²) in [7, 11) is 0. The Balaban J connectivity index is 1.46. The molecule has 0 saturated carbocycles. The number of rotatable bonds is 6. The van der Waals surface area contributed by atoms with E-state index in [9.17, 15) is 9.59 Å². The van der Waals surface area contributed by atoms with Gasteiger partial charge in [0, 0.05) is 36.9 Å². The molecule has 2 saturated heterocycles. The minimum Gasteiger partial charge on any atom is -0.379 e. The van der Waals surface area contributed by atoms with Crippen LogP contribution in [0.15, 0.2) is 18.2 Å². The van der Waals surface area contributed by atoms with Crippen LogP contribution in [-0.2, 0) is 14.3 Å². The number of carbonyl (C=O) groups excluding carboxylic acids is 2. The minimum absolute atomic E-state index is 0.143. The van der Waals surface area contributed by atoms with Gasteiger partial charge in [0.25, 0.3) is 0 Å². The molecule has 1 N–H and O–H groups in total. The van der Waals surface area contributed by atoms with Gasteiger partial charge in [-0.15, -0.1) is 0 Å². The molecular weight excluding hydrogens is 354 g/mol. The van der Waals surface area contributed by atoms with Gasteiger partial charge in [0.2, 0.25) is 11.8 Å².